The van der Waals surface area contributed by atoms with Crippen LogP contribution in [0.2, 0.25) is 0 Å². The van der Waals surface area contributed by atoms with Crippen LogP contribution in [0.4, 0.5) is 4.79 Å². The van der Waals surface area contributed by atoms with Crippen molar-refractivity contribution in [3.8, 4) is 11.8 Å². The van der Waals surface area contributed by atoms with E-state index in [0.717, 1.165) is 19.3 Å². The zero-order chi connectivity index (χ0) is 22.1. The molecule has 1 aliphatic rings. The number of carbonyl (C=O) groups excluding carboxylic acids is 2. The summed E-state index contributed by atoms with van der Waals surface area (Å²) in [5, 5.41) is 14.2. The summed E-state index contributed by atoms with van der Waals surface area (Å²) in [7, 11) is 0. The highest BCUT2D eigenvalue weighted by Crippen LogP contribution is 2.25. The molecule has 1 aliphatic carbocycles. The SMILES string of the molecule is CC(COc1ccc(C#N)cc1)N[C@H](C(=O)NC(=O)OC1CCCCC1Cl)C(C)C. The van der Waals surface area contributed by atoms with Crippen molar-refractivity contribution in [2.75, 3.05) is 6.61 Å². The number of nitriles is 1. The number of carbonyl (C=O) groups is 2. The summed E-state index contributed by atoms with van der Waals surface area (Å²) < 4.78 is 11.1. The van der Waals surface area contributed by atoms with Gasteiger partial charge in [0.15, 0.2) is 0 Å². The van der Waals surface area contributed by atoms with Gasteiger partial charge in [-0.25, -0.2) is 4.79 Å². The summed E-state index contributed by atoms with van der Waals surface area (Å²) in [6.45, 7) is 6.01. The van der Waals surface area contributed by atoms with Crippen LogP contribution in [-0.4, -0.2) is 42.2 Å². The molecule has 0 heterocycles. The Hall–Kier alpha value is -2.30. The Bertz CT molecular complexity index is 748. The van der Waals surface area contributed by atoms with Crippen LogP contribution in [0.15, 0.2) is 24.3 Å². The normalized spacial score (nSPS) is 20.7. The first-order chi connectivity index (χ1) is 14.3. The third kappa shape index (κ3) is 7.51. The molecule has 7 nitrogen and oxygen atoms in total. The molecule has 3 unspecified atom stereocenters. The van der Waals surface area contributed by atoms with E-state index in [4.69, 9.17) is 26.3 Å². The van der Waals surface area contributed by atoms with Crippen molar-refractivity contribution in [2.45, 2.75) is 70.0 Å². The highest BCUT2D eigenvalue weighted by Gasteiger charge is 2.30. The second-order valence-corrected chi connectivity index (χ2v) is 8.53. The molecule has 4 atom stereocenters. The van der Waals surface area contributed by atoms with Gasteiger partial charge >= 0.3 is 6.09 Å². The van der Waals surface area contributed by atoms with Crippen LogP contribution >= 0.6 is 11.6 Å². The molecule has 2 rings (SSSR count). The molecule has 0 aliphatic heterocycles. The van der Waals surface area contributed by atoms with Gasteiger partial charge < -0.3 is 9.47 Å². The topological polar surface area (TPSA) is 100 Å². The summed E-state index contributed by atoms with van der Waals surface area (Å²) in [5.74, 6) is 0.146. The molecular formula is C22H30ClN3O4. The van der Waals surface area contributed by atoms with Crippen molar-refractivity contribution >= 4 is 23.6 Å². The lowest BCUT2D eigenvalue weighted by Gasteiger charge is -2.28. The minimum atomic E-state index is -0.758. The van der Waals surface area contributed by atoms with Gasteiger partial charge in [-0.05, 0) is 56.4 Å². The molecule has 8 heteroatoms. The second-order valence-electron chi connectivity index (χ2n) is 7.97. The quantitative estimate of drug-likeness (QED) is 0.603. The third-order valence-corrected chi connectivity index (χ3v) is 5.50. The number of imide groups is 1. The predicted molar refractivity (Wildman–Crippen MR) is 114 cm³/mol. The van der Waals surface area contributed by atoms with E-state index in [1.54, 1.807) is 24.3 Å². The average molecular weight is 436 g/mol. The number of nitrogens with zero attached hydrogens (tertiary/aromatic N) is 1. The smallest absolute Gasteiger partial charge is 0.414 e. The lowest BCUT2D eigenvalue weighted by Crippen LogP contribution is -2.53. The van der Waals surface area contributed by atoms with E-state index in [-0.39, 0.29) is 23.4 Å². The molecule has 1 aromatic carbocycles. The highest BCUT2D eigenvalue weighted by atomic mass is 35.5. The summed E-state index contributed by atoms with van der Waals surface area (Å²) in [6.07, 6.45) is 2.38. The first-order valence-electron chi connectivity index (χ1n) is 10.3. The Morgan fingerprint density at radius 1 is 1.20 bits per heavy atom. The van der Waals surface area contributed by atoms with Gasteiger partial charge in [0.25, 0.3) is 0 Å². The van der Waals surface area contributed by atoms with Crippen LogP contribution in [-0.2, 0) is 9.53 Å². The van der Waals surface area contributed by atoms with E-state index < -0.39 is 18.0 Å². The fourth-order valence-corrected chi connectivity index (χ4v) is 3.63. The fraction of sp³-hybridized carbons (Fsp3) is 0.591. The van der Waals surface area contributed by atoms with Crippen molar-refractivity contribution in [3.63, 3.8) is 0 Å². The van der Waals surface area contributed by atoms with Gasteiger partial charge in [0.05, 0.1) is 23.1 Å². The Balaban J connectivity index is 1.83. The zero-order valence-corrected chi connectivity index (χ0v) is 18.4. The molecule has 164 valence electrons. The minimum absolute atomic E-state index is 0.0504. The van der Waals surface area contributed by atoms with Crippen LogP contribution in [0.1, 0.15) is 52.0 Å². The van der Waals surface area contributed by atoms with Gasteiger partial charge in [-0.3, -0.25) is 15.4 Å². The van der Waals surface area contributed by atoms with E-state index in [2.05, 4.69) is 16.7 Å². The maximum absolute atomic E-state index is 12.6. The van der Waals surface area contributed by atoms with Gasteiger partial charge in [-0.2, -0.15) is 5.26 Å². The number of hydrogen-bond acceptors (Lipinski definition) is 6. The van der Waals surface area contributed by atoms with Gasteiger partial charge in [0.1, 0.15) is 18.5 Å². The largest absolute Gasteiger partial charge is 0.492 e. The molecule has 30 heavy (non-hydrogen) atoms. The molecule has 0 spiro atoms. The summed E-state index contributed by atoms with van der Waals surface area (Å²) >= 11 is 6.22. The maximum Gasteiger partial charge on any atom is 0.414 e. The van der Waals surface area contributed by atoms with Gasteiger partial charge in [-0.1, -0.05) is 20.3 Å². The molecule has 1 saturated carbocycles. The first kappa shape index (κ1) is 24.0. The first-order valence-corrected chi connectivity index (χ1v) is 10.8. The van der Waals surface area contributed by atoms with E-state index in [1.807, 2.05) is 20.8 Å². The summed E-state index contributed by atoms with van der Waals surface area (Å²) in [5.41, 5.74) is 0.561. The van der Waals surface area contributed by atoms with Crippen LogP contribution in [0.3, 0.4) is 0 Å². The molecule has 1 aromatic rings. The standard InChI is InChI=1S/C22H30ClN3O4/c1-14(2)20(21(27)26-22(28)30-19-7-5-4-6-18(19)23)25-15(3)13-29-17-10-8-16(12-24)9-11-17/h8-11,14-15,18-20,25H,4-7,13H2,1-3H3,(H,26,27,28)/t15?,18?,19?,20-/m0/s1. The van der Waals surface area contributed by atoms with Gasteiger partial charge in [-0.15, -0.1) is 11.6 Å². The van der Waals surface area contributed by atoms with Crippen molar-refractivity contribution < 1.29 is 19.1 Å². The average Bonchev–Trinajstić information content (AvgIpc) is 2.72. The Kier molecular flexibility index (Phi) is 9.41. The van der Waals surface area contributed by atoms with E-state index >= 15 is 0 Å². The summed E-state index contributed by atoms with van der Waals surface area (Å²) in [6, 6.07) is 8.13. The predicted octanol–water partition coefficient (Wildman–Crippen LogP) is 3.74. The molecule has 0 bridgehead atoms. The number of amides is 2. The Morgan fingerprint density at radius 3 is 2.47 bits per heavy atom. The molecule has 2 N–H and O–H groups in total. The number of ether oxygens (including phenoxy) is 2. The van der Waals surface area contributed by atoms with E-state index in [1.165, 1.54) is 0 Å². The second kappa shape index (κ2) is 11.8. The molecule has 0 radical (unpaired) electrons. The number of benzene rings is 1. The summed E-state index contributed by atoms with van der Waals surface area (Å²) in [4.78, 5) is 24.8. The number of alkyl carbamates (subject to hydrolysis) is 1. The molecular weight excluding hydrogens is 406 g/mol. The molecule has 0 aromatic heterocycles. The Morgan fingerprint density at radius 2 is 1.87 bits per heavy atom. The number of halogens is 1. The van der Waals surface area contributed by atoms with Crippen molar-refractivity contribution in [1.29, 1.82) is 5.26 Å². The molecule has 1 fully saturated rings. The highest BCUT2D eigenvalue weighted by molar-refractivity contribution is 6.21. The third-order valence-electron chi connectivity index (χ3n) is 5.00. The number of alkyl halides is 1. The minimum Gasteiger partial charge on any atom is -0.492 e. The van der Waals surface area contributed by atoms with Crippen LogP contribution < -0.4 is 15.4 Å². The van der Waals surface area contributed by atoms with Gasteiger partial charge in [0.2, 0.25) is 5.91 Å². The van der Waals surface area contributed by atoms with Crippen molar-refractivity contribution in [1.82, 2.24) is 10.6 Å². The maximum atomic E-state index is 12.6. The van der Waals surface area contributed by atoms with Crippen LogP contribution in [0, 0.1) is 17.2 Å². The monoisotopic (exact) mass is 435 g/mol. The Labute approximate surface area is 183 Å². The van der Waals surface area contributed by atoms with Crippen LogP contribution in [0.25, 0.3) is 0 Å². The molecule has 2 amide bonds. The lowest BCUT2D eigenvalue weighted by atomic mass is 9.97. The number of nitrogens with one attached hydrogen (secondary N) is 2. The van der Waals surface area contributed by atoms with E-state index in [0.29, 0.717) is 24.3 Å². The molecule has 0 saturated heterocycles. The lowest BCUT2D eigenvalue weighted by molar-refractivity contribution is -0.123. The zero-order valence-electron chi connectivity index (χ0n) is 17.7. The fourth-order valence-electron chi connectivity index (χ4n) is 3.30. The van der Waals surface area contributed by atoms with Crippen molar-refractivity contribution in [2.24, 2.45) is 5.92 Å². The number of hydrogen-bond donors (Lipinski definition) is 2. The number of rotatable bonds is 8. The van der Waals surface area contributed by atoms with Crippen molar-refractivity contribution in [3.05, 3.63) is 29.8 Å². The van der Waals surface area contributed by atoms with Gasteiger partial charge in [0, 0.05) is 6.04 Å². The van der Waals surface area contributed by atoms with Crippen LogP contribution in [0.5, 0.6) is 5.75 Å². The van der Waals surface area contributed by atoms with E-state index in [9.17, 15) is 9.59 Å².